The molecule has 1 atom stereocenters. The van der Waals surface area contributed by atoms with E-state index in [1.54, 1.807) is 0 Å². The van der Waals surface area contributed by atoms with E-state index in [2.05, 4.69) is 0 Å². The number of aliphatic carboxylic acids is 1. The first-order valence-corrected chi connectivity index (χ1v) is 5.19. The van der Waals surface area contributed by atoms with E-state index in [9.17, 15) is 24.0 Å². The number of urea groups is 1. The molecule has 1 aliphatic rings. The largest absolute Gasteiger partial charge is 0.480 e. The van der Waals surface area contributed by atoms with E-state index in [0.717, 1.165) is 4.90 Å². The fraction of sp³-hybridized carbons (Fsp3) is 0.444. The molecule has 1 fully saturated rings. The number of piperazine rings is 1. The van der Waals surface area contributed by atoms with Gasteiger partial charge in [-0.3, -0.25) is 19.7 Å². The van der Waals surface area contributed by atoms with Gasteiger partial charge in [-0.25, -0.2) is 9.59 Å². The molecule has 0 aromatic heterocycles. The molecule has 0 aromatic rings. The van der Waals surface area contributed by atoms with E-state index in [1.165, 1.54) is 0 Å². The normalized spacial score (nSPS) is 16.5. The Hall–Kier alpha value is -2.65. The predicted octanol–water partition coefficient (Wildman–Crippen LogP) is -3.02. The van der Waals surface area contributed by atoms with Gasteiger partial charge >= 0.3 is 12.0 Å². The van der Waals surface area contributed by atoms with E-state index in [4.69, 9.17) is 10.8 Å². The van der Waals surface area contributed by atoms with Gasteiger partial charge < -0.3 is 21.1 Å². The zero-order chi connectivity index (χ0) is 14.6. The molecule has 1 saturated heterocycles. The number of rotatable bonds is 4. The molecular formula is C9H12N4O6. The molecule has 10 nitrogen and oxygen atoms in total. The second-order valence-electron chi connectivity index (χ2n) is 3.84. The molecule has 0 radical (unpaired) electrons. The molecule has 104 valence electrons. The number of hydrogen-bond donors (Lipinski definition) is 4. The Morgan fingerprint density at radius 3 is 2.26 bits per heavy atom. The lowest BCUT2D eigenvalue weighted by molar-refractivity contribution is -0.140. The number of primary amides is 1. The van der Waals surface area contributed by atoms with Crippen LogP contribution in [0.5, 0.6) is 0 Å². The zero-order valence-corrected chi connectivity index (χ0v) is 9.71. The van der Waals surface area contributed by atoms with Crippen molar-refractivity contribution in [1.82, 2.24) is 15.5 Å². The van der Waals surface area contributed by atoms with Crippen LogP contribution in [-0.4, -0.2) is 58.9 Å². The van der Waals surface area contributed by atoms with Crippen LogP contribution in [0.1, 0.15) is 6.42 Å². The van der Waals surface area contributed by atoms with Gasteiger partial charge in [0.05, 0.1) is 6.42 Å². The highest BCUT2D eigenvalue weighted by atomic mass is 16.4. The fourth-order valence-corrected chi connectivity index (χ4v) is 1.42. The average Bonchev–Trinajstić information content (AvgIpc) is 2.25. The molecule has 1 rings (SSSR count). The van der Waals surface area contributed by atoms with Crippen molar-refractivity contribution in [2.24, 2.45) is 5.73 Å². The summed E-state index contributed by atoms with van der Waals surface area (Å²) in [7, 11) is 0. The van der Waals surface area contributed by atoms with Crippen molar-refractivity contribution in [2.45, 2.75) is 12.5 Å². The van der Waals surface area contributed by atoms with Crippen molar-refractivity contribution < 1.29 is 29.1 Å². The second-order valence-corrected chi connectivity index (χ2v) is 3.84. The number of hydrogen-bond acceptors (Lipinski definition) is 5. The summed E-state index contributed by atoms with van der Waals surface area (Å²) >= 11 is 0. The van der Waals surface area contributed by atoms with Crippen LogP contribution in [0, 0.1) is 0 Å². The van der Waals surface area contributed by atoms with Crippen LogP contribution >= 0.6 is 0 Å². The van der Waals surface area contributed by atoms with Crippen molar-refractivity contribution in [1.29, 1.82) is 0 Å². The molecular weight excluding hydrogens is 260 g/mol. The second kappa shape index (κ2) is 5.80. The predicted molar refractivity (Wildman–Crippen MR) is 58.5 cm³/mol. The highest BCUT2D eigenvalue weighted by Gasteiger charge is 2.29. The number of carboxylic acid groups (broad SMARTS) is 1. The smallest absolute Gasteiger partial charge is 0.326 e. The Kier molecular flexibility index (Phi) is 4.40. The van der Waals surface area contributed by atoms with Gasteiger partial charge in [-0.1, -0.05) is 0 Å². The maximum absolute atomic E-state index is 11.7. The van der Waals surface area contributed by atoms with Crippen molar-refractivity contribution in [3.05, 3.63) is 0 Å². The first kappa shape index (κ1) is 14.4. The summed E-state index contributed by atoms with van der Waals surface area (Å²) in [6.45, 7) is -0.749. The molecule has 1 aliphatic heterocycles. The summed E-state index contributed by atoms with van der Waals surface area (Å²) < 4.78 is 0. The highest BCUT2D eigenvalue weighted by molar-refractivity contribution is 6.02. The van der Waals surface area contributed by atoms with Crippen LogP contribution < -0.4 is 16.4 Å². The third kappa shape index (κ3) is 4.26. The van der Waals surface area contributed by atoms with Crippen molar-refractivity contribution in [2.75, 3.05) is 13.1 Å². The van der Waals surface area contributed by atoms with Crippen LogP contribution in [0.4, 0.5) is 4.79 Å². The number of imide groups is 1. The third-order valence-corrected chi connectivity index (χ3v) is 2.24. The lowest BCUT2D eigenvalue weighted by Gasteiger charge is -2.26. The molecule has 19 heavy (non-hydrogen) atoms. The van der Waals surface area contributed by atoms with E-state index in [1.807, 2.05) is 10.6 Å². The van der Waals surface area contributed by atoms with E-state index >= 15 is 0 Å². The topological polar surface area (TPSA) is 159 Å². The van der Waals surface area contributed by atoms with Gasteiger partial charge in [0.1, 0.15) is 19.1 Å². The summed E-state index contributed by atoms with van der Waals surface area (Å²) in [5.41, 5.74) is 4.84. The minimum atomic E-state index is -1.51. The minimum Gasteiger partial charge on any atom is -0.480 e. The third-order valence-electron chi connectivity index (χ3n) is 2.24. The number of nitrogens with zero attached hydrogens (tertiary/aromatic N) is 1. The summed E-state index contributed by atoms with van der Waals surface area (Å²) in [6.07, 6.45) is -0.588. The maximum Gasteiger partial charge on any atom is 0.326 e. The molecule has 0 aromatic carbocycles. The highest BCUT2D eigenvalue weighted by Crippen LogP contribution is 1.99. The van der Waals surface area contributed by atoms with Gasteiger partial charge in [0, 0.05) is 0 Å². The Morgan fingerprint density at radius 1 is 1.32 bits per heavy atom. The first-order valence-electron chi connectivity index (χ1n) is 5.19. The fourth-order valence-electron chi connectivity index (χ4n) is 1.42. The number of nitrogens with two attached hydrogens (primary N) is 1. The average molecular weight is 272 g/mol. The maximum atomic E-state index is 11.7. The molecule has 0 bridgehead atoms. The molecule has 5 N–H and O–H groups in total. The van der Waals surface area contributed by atoms with Crippen LogP contribution in [0.15, 0.2) is 0 Å². The molecule has 5 amide bonds. The van der Waals surface area contributed by atoms with Crippen molar-refractivity contribution in [3.8, 4) is 0 Å². The summed E-state index contributed by atoms with van der Waals surface area (Å²) in [6, 6.07) is -2.44. The SMILES string of the molecule is NC(=O)C[C@@H](NC(=O)N1CC(=O)NC(=O)C1)C(=O)O. The molecule has 0 aliphatic carbocycles. The minimum absolute atomic E-state index is 0.375. The standard InChI is InChI=1S/C9H12N4O6/c10-5(14)1-4(8(17)18)11-9(19)13-2-6(15)12-7(16)3-13/h4H,1-3H2,(H2,10,14)(H,11,19)(H,17,18)(H,12,15,16)/t4-/m1/s1. The van der Waals surface area contributed by atoms with Gasteiger partial charge in [-0.2, -0.15) is 0 Å². The lowest BCUT2D eigenvalue weighted by Crippen LogP contribution is -2.58. The van der Waals surface area contributed by atoms with Crippen LogP contribution in [0.2, 0.25) is 0 Å². The summed E-state index contributed by atoms with van der Waals surface area (Å²) in [5, 5.41) is 12.8. The quantitative estimate of drug-likeness (QED) is 0.399. The summed E-state index contributed by atoms with van der Waals surface area (Å²) in [5.74, 6) is -3.69. The van der Waals surface area contributed by atoms with E-state index < -0.39 is 42.2 Å². The molecule has 1 heterocycles. The van der Waals surface area contributed by atoms with E-state index in [0.29, 0.717) is 0 Å². The van der Waals surface area contributed by atoms with Crippen LogP contribution in [0.25, 0.3) is 0 Å². The molecule has 10 heteroatoms. The Balaban J connectivity index is 2.66. The molecule has 0 spiro atoms. The zero-order valence-electron chi connectivity index (χ0n) is 9.71. The number of carboxylic acids is 1. The lowest BCUT2D eigenvalue weighted by atomic mass is 10.2. The van der Waals surface area contributed by atoms with E-state index in [-0.39, 0.29) is 13.1 Å². The Morgan fingerprint density at radius 2 is 1.84 bits per heavy atom. The van der Waals surface area contributed by atoms with Gasteiger partial charge in [-0.15, -0.1) is 0 Å². The molecule has 0 unspecified atom stereocenters. The Bertz CT molecular complexity index is 432. The number of carbonyl (C=O) groups excluding carboxylic acids is 4. The van der Waals surface area contributed by atoms with Crippen molar-refractivity contribution >= 4 is 29.7 Å². The van der Waals surface area contributed by atoms with Crippen molar-refractivity contribution in [3.63, 3.8) is 0 Å². The number of amides is 5. The van der Waals surface area contributed by atoms with Gasteiger partial charge in [-0.05, 0) is 0 Å². The monoisotopic (exact) mass is 272 g/mol. The summed E-state index contributed by atoms with van der Waals surface area (Å²) in [4.78, 5) is 56.0. The van der Waals surface area contributed by atoms with Gasteiger partial charge in [0.15, 0.2) is 0 Å². The number of nitrogens with one attached hydrogen (secondary N) is 2. The Labute approximate surface area is 106 Å². The van der Waals surface area contributed by atoms with Gasteiger partial charge in [0.25, 0.3) is 0 Å². The van der Waals surface area contributed by atoms with Gasteiger partial charge in [0.2, 0.25) is 17.7 Å². The van der Waals surface area contributed by atoms with Crippen LogP contribution in [-0.2, 0) is 19.2 Å². The van der Waals surface area contributed by atoms with Crippen LogP contribution in [0.3, 0.4) is 0 Å². The molecule has 0 saturated carbocycles. The number of carbonyl (C=O) groups is 5. The first-order chi connectivity index (χ1) is 8.79.